The number of aromatic nitrogens is 3. The molecule has 0 saturated carbocycles. The highest BCUT2D eigenvalue weighted by Gasteiger charge is 2.29. The normalized spacial score (nSPS) is 18.3. The Bertz CT molecular complexity index is 1210. The maximum atomic E-state index is 12.9. The van der Waals surface area contributed by atoms with Gasteiger partial charge in [0, 0.05) is 22.9 Å². The second kappa shape index (κ2) is 6.93. The van der Waals surface area contributed by atoms with Crippen LogP contribution in [0.4, 0.5) is 13.2 Å². The molecule has 1 unspecified atom stereocenters. The maximum absolute atomic E-state index is 12.9. The van der Waals surface area contributed by atoms with E-state index in [2.05, 4.69) is 19.7 Å². The van der Waals surface area contributed by atoms with Crippen LogP contribution in [-0.2, 0) is 16.9 Å². The monoisotopic (exact) mass is 377 g/mol. The van der Waals surface area contributed by atoms with Gasteiger partial charge < -0.3 is 9.29 Å². The lowest BCUT2D eigenvalue weighted by molar-refractivity contribution is -0.153. The van der Waals surface area contributed by atoms with Crippen LogP contribution in [0.25, 0.3) is 11.0 Å². The van der Waals surface area contributed by atoms with Crippen LogP contribution < -0.4 is 4.74 Å². The van der Waals surface area contributed by atoms with Crippen molar-refractivity contribution in [1.82, 2.24) is 15.0 Å². The summed E-state index contributed by atoms with van der Waals surface area (Å²) >= 11 is -2.10. The smallest absolute Gasteiger partial charge is 0.422 e. The zero-order chi connectivity index (χ0) is 25.0. The van der Waals surface area contributed by atoms with Crippen molar-refractivity contribution in [2.45, 2.75) is 24.0 Å². The van der Waals surface area contributed by atoms with E-state index in [0.29, 0.717) is 0 Å². The van der Waals surface area contributed by atoms with Crippen LogP contribution in [0.3, 0.4) is 0 Å². The lowest BCUT2D eigenvalue weighted by Gasteiger charge is -2.14. The van der Waals surface area contributed by atoms with Gasteiger partial charge in [-0.05, 0) is 25.1 Å². The number of H-pyrrole nitrogens is 1. The fourth-order valence-electron chi connectivity index (χ4n) is 1.82. The van der Waals surface area contributed by atoms with Gasteiger partial charge >= 0.3 is 11.3 Å². The predicted octanol–water partition coefficient (Wildman–Crippen LogP) is 3.52. The zero-order valence-corrected chi connectivity index (χ0v) is 13.3. The molecule has 1 N–H and O–H groups in total. The first-order valence-electron chi connectivity index (χ1n) is 10.6. The van der Waals surface area contributed by atoms with E-state index in [-0.39, 0.29) is 27.4 Å². The molecule has 0 aliphatic carbocycles. The predicted molar refractivity (Wildman–Crippen MR) is 86.7 cm³/mol. The molecule has 0 aliphatic heterocycles. The number of hydrogen-bond acceptors (Lipinski definition) is 4. The lowest BCUT2D eigenvalue weighted by Crippen LogP contribution is -2.20. The average molecular weight is 377 g/mol. The van der Waals surface area contributed by atoms with E-state index in [0.717, 1.165) is 0 Å². The van der Waals surface area contributed by atoms with E-state index in [1.165, 1.54) is 6.92 Å². The van der Waals surface area contributed by atoms with E-state index < -0.39 is 71.8 Å². The maximum Gasteiger partial charge on any atom is 0.422 e. The molecule has 2 aromatic heterocycles. The second-order valence-electron chi connectivity index (χ2n) is 4.71. The van der Waals surface area contributed by atoms with Crippen molar-refractivity contribution in [2.75, 3.05) is 6.56 Å². The first-order valence-corrected chi connectivity index (χ1v) is 7.95. The SMILES string of the molecule is [2H]c1nc(C[S+]([O-])c2nc3c([2H])c([2H])c([2H])c([2H])c3[nH]2)c(C)c(OC([2H])([2H])C(F)(F)F)c1[2H]. The first kappa shape index (κ1) is 10.0. The quantitative estimate of drug-likeness (QED) is 0.691. The number of imidazole rings is 1. The molecule has 3 rings (SSSR count). The van der Waals surface area contributed by atoms with Gasteiger partial charge in [0.1, 0.15) is 5.75 Å². The van der Waals surface area contributed by atoms with E-state index in [9.17, 15) is 17.7 Å². The number of ether oxygens (including phenoxy) is 1. The third kappa shape index (κ3) is 4.23. The fourth-order valence-corrected chi connectivity index (χ4v) is 2.90. The summed E-state index contributed by atoms with van der Waals surface area (Å²) in [5.41, 5.74) is -0.724. The summed E-state index contributed by atoms with van der Waals surface area (Å²) in [7, 11) is 0. The number of halogens is 3. The van der Waals surface area contributed by atoms with Gasteiger partial charge in [-0.25, -0.2) is 0 Å². The van der Waals surface area contributed by atoms with Crippen molar-refractivity contribution in [3.8, 4) is 5.75 Å². The van der Waals surface area contributed by atoms with E-state index in [1.807, 2.05) is 0 Å². The molecule has 9 heteroatoms. The molecule has 1 aromatic carbocycles. The zero-order valence-electron chi connectivity index (χ0n) is 20.5. The third-order valence-corrected chi connectivity index (χ3v) is 4.16. The summed E-state index contributed by atoms with van der Waals surface area (Å²) < 4.78 is 117. The van der Waals surface area contributed by atoms with Crippen molar-refractivity contribution in [3.63, 3.8) is 0 Å². The summed E-state index contributed by atoms with van der Waals surface area (Å²) in [4.78, 5) is 10.2. The molecule has 0 saturated heterocycles. The fraction of sp³-hybridized carbons (Fsp3) is 0.250. The van der Waals surface area contributed by atoms with Crippen molar-refractivity contribution in [3.05, 3.63) is 47.6 Å². The Morgan fingerprint density at radius 3 is 2.88 bits per heavy atom. The van der Waals surface area contributed by atoms with Gasteiger partial charge in [0.25, 0.3) is 0 Å². The third-order valence-electron chi connectivity index (χ3n) is 3.00. The molecule has 132 valence electrons. The molecule has 3 aromatic rings. The number of alkyl halides is 3. The summed E-state index contributed by atoms with van der Waals surface area (Å²) in [6.45, 7) is -2.99. The molecular weight excluding hydrogens is 355 g/mol. The Morgan fingerprint density at radius 1 is 1.36 bits per heavy atom. The molecule has 0 radical (unpaired) electrons. The summed E-state index contributed by atoms with van der Waals surface area (Å²) in [6, 6.07) is -2.86. The number of para-hydroxylation sites is 2. The van der Waals surface area contributed by atoms with Gasteiger partial charge in [-0.1, -0.05) is 12.1 Å². The number of hydrogen-bond donors (Lipinski definition) is 1. The van der Waals surface area contributed by atoms with Crippen molar-refractivity contribution >= 4 is 22.2 Å². The second-order valence-corrected chi connectivity index (χ2v) is 6.07. The molecule has 0 spiro atoms. The highest BCUT2D eigenvalue weighted by Crippen LogP contribution is 2.25. The minimum atomic E-state index is -5.43. The first-order chi connectivity index (χ1) is 15.1. The minimum Gasteiger partial charge on any atom is -0.609 e. The van der Waals surface area contributed by atoms with Crippen LogP contribution in [0.5, 0.6) is 5.75 Å². The van der Waals surface area contributed by atoms with Crippen LogP contribution in [0, 0.1) is 6.92 Å². The van der Waals surface area contributed by atoms with Gasteiger partial charge in [0.05, 0.1) is 27.7 Å². The Balaban J connectivity index is 2.01. The molecule has 0 amide bonds. The molecule has 5 nitrogen and oxygen atoms in total. The molecule has 1 atom stereocenters. The molecule has 25 heavy (non-hydrogen) atoms. The van der Waals surface area contributed by atoms with E-state index in [4.69, 9.17) is 11.0 Å². The molecular formula is C16H14F3N3O2S. The Kier molecular flexibility index (Phi) is 2.78. The Morgan fingerprint density at radius 2 is 2.12 bits per heavy atom. The molecule has 0 aliphatic rings. The molecule has 0 bridgehead atoms. The van der Waals surface area contributed by atoms with Gasteiger partial charge in [-0.2, -0.15) is 18.2 Å². The number of nitrogens with zero attached hydrogens (tertiary/aromatic N) is 2. The van der Waals surface area contributed by atoms with Gasteiger partial charge in [0.15, 0.2) is 12.3 Å². The van der Waals surface area contributed by atoms with E-state index in [1.54, 1.807) is 0 Å². The largest absolute Gasteiger partial charge is 0.609 e. The van der Waals surface area contributed by atoms with Crippen molar-refractivity contribution in [1.29, 1.82) is 0 Å². The van der Waals surface area contributed by atoms with Crippen LogP contribution in [-0.4, -0.2) is 32.2 Å². The van der Waals surface area contributed by atoms with Gasteiger partial charge in [-0.15, -0.1) is 0 Å². The van der Waals surface area contributed by atoms with Crippen molar-refractivity contribution in [2.24, 2.45) is 0 Å². The summed E-state index contributed by atoms with van der Waals surface area (Å²) in [6.07, 6.45) is -6.26. The summed E-state index contributed by atoms with van der Waals surface area (Å²) in [5.74, 6) is -1.42. The van der Waals surface area contributed by atoms with Crippen LogP contribution in [0.15, 0.2) is 41.5 Å². The standard InChI is InChI=1S/C16H14F3N3O2S/c1-10-13(20-7-6-14(10)24-9-16(17,18)19)8-25(23)15-21-11-4-2-3-5-12(11)22-15/h2-7H,8-9H2,1H3,(H,21,22)/i2D,3D,4D,5D,6D,7D,9D2. The van der Waals surface area contributed by atoms with E-state index >= 15 is 0 Å². The highest BCUT2D eigenvalue weighted by molar-refractivity contribution is 7.90. The number of rotatable bonds is 5. The number of benzene rings is 1. The van der Waals surface area contributed by atoms with Gasteiger partial charge in [-0.3, -0.25) is 9.97 Å². The highest BCUT2D eigenvalue weighted by atomic mass is 32.2. The average Bonchev–Trinajstić information content (AvgIpc) is 3.17. The number of pyridine rings is 1. The van der Waals surface area contributed by atoms with Crippen LogP contribution >= 0.6 is 0 Å². The van der Waals surface area contributed by atoms with Crippen LogP contribution in [0.2, 0.25) is 0 Å². The number of aromatic amines is 1. The molecule has 2 heterocycles. The summed E-state index contributed by atoms with van der Waals surface area (Å²) in [5, 5.41) is -0.271. The van der Waals surface area contributed by atoms with Crippen molar-refractivity contribution < 1.29 is 33.4 Å². The minimum absolute atomic E-state index is 0.0980. The number of fused-ring (bicyclic) bond motifs is 1. The lowest BCUT2D eigenvalue weighted by atomic mass is 10.2. The Hall–Kier alpha value is -2.26. The molecule has 0 fully saturated rings. The Labute approximate surface area is 155 Å². The van der Waals surface area contributed by atoms with Crippen LogP contribution in [0.1, 0.15) is 22.2 Å². The number of nitrogens with one attached hydrogen (secondary N) is 1. The van der Waals surface area contributed by atoms with Gasteiger partial charge in [0.2, 0.25) is 0 Å². The topological polar surface area (TPSA) is 73.9 Å².